The Morgan fingerprint density at radius 3 is 2.18 bits per heavy atom. The molecule has 0 aliphatic heterocycles. The van der Waals surface area contributed by atoms with Gasteiger partial charge in [-0.3, -0.25) is 4.55 Å². The molecule has 1 rings (SSSR count). The number of rotatable bonds is 5. The van der Waals surface area contributed by atoms with Crippen molar-refractivity contribution >= 4 is 10.1 Å². The van der Waals surface area contributed by atoms with E-state index < -0.39 is 28.3 Å². The number of hydrogen-bond acceptors (Lipinski definition) is 3. The quantitative estimate of drug-likeness (QED) is 0.591. The first-order valence-electron chi connectivity index (χ1n) is 5.85. The maximum Gasteiger partial charge on any atom is 0.276 e. The molecule has 0 unspecified atom stereocenters. The molecule has 1 saturated carbocycles. The van der Waals surface area contributed by atoms with E-state index in [2.05, 4.69) is 5.32 Å². The second-order valence-corrected chi connectivity index (χ2v) is 6.10. The highest BCUT2D eigenvalue weighted by Crippen LogP contribution is 2.19. The Balaban J connectivity index is 2.37. The summed E-state index contributed by atoms with van der Waals surface area (Å²) in [5, 5.41) is 2.70. The van der Waals surface area contributed by atoms with Gasteiger partial charge in [0.1, 0.15) is 5.75 Å². The molecule has 1 fully saturated rings. The minimum atomic E-state index is -4.63. The summed E-state index contributed by atoms with van der Waals surface area (Å²) < 4.78 is 55.6. The Morgan fingerprint density at radius 1 is 1.18 bits per heavy atom. The topological polar surface area (TPSA) is 66.4 Å². The van der Waals surface area contributed by atoms with Crippen LogP contribution in [0.25, 0.3) is 0 Å². The van der Waals surface area contributed by atoms with Crippen LogP contribution < -0.4 is 5.32 Å². The second kappa shape index (κ2) is 6.06. The van der Waals surface area contributed by atoms with Gasteiger partial charge in [-0.25, -0.2) is 8.78 Å². The van der Waals surface area contributed by atoms with Gasteiger partial charge in [0.25, 0.3) is 16.0 Å². The number of alkyl halides is 2. The fourth-order valence-electron chi connectivity index (χ4n) is 2.10. The van der Waals surface area contributed by atoms with E-state index in [1.54, 1.807) is 0 Å². The van der Waals surface area contributed by atoms with Crippen LogP contribution in [0.3, 0.4) is 0 Å². The average molecular weight is 271 g/mol. The van der Waals surface area contributed by atoms with Crippen LogP contribution in [-0.2, 0) is 10.1 Å². The van der Waals surface area contributed by atoms with Gasteiger partial charge in [0.05, 0.1) is 6.54 Å². The van der Waals surface area contributed by atoms with Gasteiger partial charge in [0.15, 0.2) is 0 Å². The first kappa shape index (κ1) is 14.8. The van der Waals surface area contributed by atoms with Crippen LogP contribution in [0.15, 0.2) is 0 Å². The minimum Gasteiger partial charge on any atom is -0.308 e. The lowest BCUT2D eigenvalue weighted by Gasteiger charge is -2.21. The fraction of sp³-hybridized carbons (Fsp3) is 1.00. The smallest absolute Gasteiger partial charge is 0.276 e. The maximum atomic E-state index is 13.2. The van der Waals surface area contributed by atoms with E-state index in [4.69, 9.17) is 4.55 Å². The van der Waals surface area contributed by atoms with Crippen molar-refractivity contribution in [2.24, 2.45) is 0 Å². The molecule has 0 amide bonds. The summed E-state index contributed by atoms with van der Waals surface area (Å²) in [6, 6.07) is 0.0322. The molecule has 0 bridgehead atoms. The Morgan fingerprint density at radius 2 is 1.71 bits per heavy atom. The van der Waals surface area contributed by atoms with Crippen molar-refractivity contribution in [1.82, 2.24) is 5.32 Å². The molecule has 1 aliphatic rings. The summed E-state index contributed by atoms with van der Waals surface area (Å²) in [6.07, 6.45) is 5.98. The summed E-state index contributed by atoms with van der Waals surface area (Å²) in [7, 11) is -4.63. The van der Waals surface area contributed by atoms with Crippen molar-refractivity contribution in [2.75, 3.05) is 12.3 Å². The van der Waals surface area contributed by atoms with Gasteiger partial charge in [-0.1, -0.05) is 25.7 Å². The largest absolute Gasteiger partial charge is 0.308 e. The van der Waals surface area contributed by atoms with E-state index in [9.17, 15) is 17.2 Å². The van der Waals surface area contributed by atoms with Crippen molar-refractivity contribution in [3.8, 4) is 0 Å². The van der Waals surface area contributed by atoms with Crippen molar-refractivity contribution in [2.45, 2.75) is 50.5 Å². The molecule has 0 aromatic carbocycles. The van der Waals surface area contributed by atoms with Crippen LogP contribution in [0.2, 0.25) is 0 Å². The van der Waals surface area contributed by atoms with Crippen molar-refractivity contribution < 1.29 is 21.8 Å². The number of nitrogens with one attached hydrogen (secondary N) is 1. The third-order valence-corrected chi connectivity index (χ3v) is 3.69. The monoisotopic (exact) mass is 271 g/mol. The Bertz CT molecular complexity index is 324. The molecule has 0 aromatic rings. The van der Waals surface area contributed by atoms with E-state index in [1.807, 2.05) is 0 Å². The minimum absolute atomic E-state index is 0.0322. The van der Waals surface area contributed by atoms with Gasteiger partial charge in [-0.05, 0) is 12.8 Å². The summed E-state index contributed by atoms with van der Waals surface area (Å²) >= 11 is 0. The van der Waals surface area contributed by atoms with Crippen molar-refractivity contribution in [3.63, 3.8) is 0 Å². The Hall–Kier alpha value is -0.270. The molecule has 0 atom stereocenters. The van der Waals surface area contributed by atoms with Crippen molar-refractivity contribution in [1.29, 1.82) is 0 Å². The molecule has 102 valence electrons. The fourth-order valence-corrected chi connectivity index (χ4v) is 2.73. The molecule has 1 aliphatic carbocycles. The first-order chi connectivity index (χ1) is 7.79. The summed E-state index contributed by atoms with van der Waals surface area (Å²) in [5.74, 6) is -4.93. The molecule has 0 spiro atoms. The molecule has 0 aromatic heterocycles. The summed E-state index contributed by atoms with van der Waals surface area (Å²) in [5.41, 5.74) is 0. The van der Waals surface area contributed by atoms with Gasteiger partial charge in [-0.2, -0.15) is 8.42 Å². The average Bonchev–Trinajstić information content (AvgIpc) is 2.38. The van der Waals surface area contributed by atoms with E-state index in [-0.39, 0.29) is 6.04 Å². The molecule has 0 heterocycles. The Labute approximate surface area is 101 Å². The van der Waals surface area contributed by atoms with E-state index in [0.29, 0.717) is 0 Å². The van der Waals surface area contributed by atoms with Crippen LogP contribution >= 0.6 is 0 Å². The third kappa shape index (κ3) is 6.90. The first-order valence-corrected chi connectivity index (χ1v) is 7.46. The van der Waals surface area contributed by atoms with Crippen molar-refractivity contribution in [3.05, 3.63) is 0 Å². The van der Waals surface area contributed by atoms with Crippen LogP contribution in [0.5, 0.6) is 0 Å². The van der Waals surface area contributed by atoms with E-state index >= 15 is 0 Å². The molecule has 0 radical (unpaired) electrons. The van der Waals surface area contributed by atoms with Crippen LogP contribution in [-0.4, -0.2) is 37.2 Å². The highest BCUT2D eigenvalue weighted by Gasteiger charge is 2.35. The predicted octanol–water partition coefficient (Wildman–Crippen LogP) is 1.82. The van der Waals surface area contributed by atoms with Crippen LogP contribution in [0.1, 0.15) is 38.5 Å². The Kier molecular flexibility index (Phi) is 5.27. The molecule has 4 nitrogen and oxygen atoms in total. The summed E-state index contributed by atoms with van der Waals surface area (Å²) in [6.45, 7) is -0.697. The van der Waals surface area contributed by atoms with E-state index in [0.717, 1.165) is 38.5 Å². The zero-order valence-electron chi connectivity index (χ0n) is 9.66. The molecule has 17 heavy (non-hydrogen) atoms. The van der Waals surface area contributed by atoms with Gasteiger partial charge >= 0.3 is 0 Å². The van der Waals surface area contributed by atoms with Gasteiger partial charge < -0.3 is 5.32 Å². The lowest BCUT2D eigenvalue weighted by Crippen LogP contribution is -2.42. The zero-order valence-corrected chi connectivity index (χ0v) is 10.5. The zero-order chi connectivity index (χ0) is 12.9. The second-order valence-electron chi connectivity index (χ2n) is 4.65. The molecule has 0 saturated heterocycles. The van der Waals surface area contributed by atoms with Crippen LogP contribution in [0, 0.1) is 0 Å². The van der Waals surface area contributed by atoms with Gasteiger partial charge in [-0.15, -0.1) is 0 Å². The standard InChI is InChI=1S/C10H19F2NO3S/c11-10(12,8-17(14,15)16)7-13-9-5-3-1-2-4-6-9/h9,13H,1-8H2,(H,14,15,16). The molecular formula is C10H19F2NO3S. The molecule has 2 N–H and O–H groups in total. The molecular weight excluding hydrogens is 252 g/mol. The van der Waals surface area contributed by atoms with Gasteiger partial charge in [0.2, 0.25) is 0 Å². The van der Waals surface area contributed by atoms with Gasteiger partial charge in [0, 0.05) is 6.04 Å². The lowest BCUT2D eigenvalue weighted by molar-refractivity contribution is 0.0216. The molecule has 7 heteroatoms. The summed E-state index contributed by atoms with van der Waals surface area (Å²) in [4.78, 5) is 0. The SMILES string of the molecule is O=S(=O)(O)CC(F)(F)CNC1CCCCCC1. The lowest BCUT2D eigenvalue weighted by atomic mass is 10.1. The highest BCUT2D eigenvalue weighted by atomic mass is 32.2. The highest BCUT2D eigenvalue weighted by molar-refractivity contribution is 7.85. The number of halogens is 2. The number of hydrogen-bond donors (Lipinski definition) is 2. The third-order valence-electron chi connectivity index (χ3n) is 2.90. The van der Waals surface area contributed by atoms with E-state index in [1.165, 1.54) is 0 Å². The normalized spacial score (nSPS) is 20.2. The maximum absolute atomic E-state index is 13.2. The predicted molar refractivity (Wildman–Crippen MR) is 60.9 cm³/mol. The van der Waals surface area contributed by atoms with Crippen LogP contribution in [0.4, 0.5) is 8.78 Å².